The Morgan fingerprint density at radius 2 is 1.92 bits per heavy atom. The highest BCUT2D eigenvalue weighted by Gasteiger charge is 2.29. The van der Waals surface area contributed by atoms with Crippen molar-refractivity contribution in [2.75, 3.05) is 13.1 Å². The van der Waals surface area contributed by atoms with Gasteiger partial charge in [-0.05, 0) is 53.9 Å². The summed E-state index contributed by atoms with van der Waals surface area (Å²) in [7, 11) is 0. The number of ketones is 1. The van der Waals surface area contributed by atoms with Gasteiger partial charge in [0.1, 0.15) is 11.4 Å². The van der Waals surface area contributed by atoms with Crippen molar-refractivity contribution < 1.29 is 9.59 Å². The fourth-order valence-electron chi connectivity index (χ4n) is 5.04. The van der Waals surface area contributed by atoms with Gasteiger partial charge in [0, 0.05) is 66.4 Å². The van der Waals surface area contributed by atoms with Gasteiger partial charge >= 0.3 is 0 Å². The molecular weight excluding hydrogens is 452 g/mol. The number of benzene rings is 1. The highest BCUT2D eigenvalue weighted by molar-refractivity contribution is 5.98. The second-order valence-electron chi connectivity index (χ2n) is 9.30. The first kappa shape index (κ1) is 22.2. The van der Waals surface area contributed by atoms with Crippen molar-refractivity contribution in [1.82, 2.24) is 29.7 Å². The number of H-pyrrole nitrogens is 1. The number of amides is 1. The van der Waals surface area contributed by atoms with Crippen molar-refractivity contribution in [1.29, 1.82) is 0 Å². The number of aromatic nitrogens is 5. The average Bonchev–Trinajstić information content (AvgIpc) is 3.66. The summed E-state index contributed by atoms with van der Waals surface area (Å²) in [5, 5.41) is 9.69. The fourth-order valence-corrected chi connectivity index (χ4v) is 5.04. The van der Waals surface area contributed by atoms with Gasteiger partial charge in [-0.15, -0.1) is 0 Å². The number of nitrogens with zero attached hydrogens (tertiary/aromatic N) is 5. The third kappa shape index (κ3) is 3.94. The lowest BCUT2D eigenvalue weighted by molar-refractivity contribution is -0.118. The number of carbonyl (C=O) groups is 2. The van der Waals surface area contributed by atoms with Gasteiger partial charge in [0.15, 0.2) is 0 Å². The van der Waals surface area contributed by atoms with Gasteiger partial charge in [-0.25, -0.2) is 4.98 Å². The van der Waals surface area contributed by atoms with Crippen molar-refractivity contribution in [2.24, 2.45) is 0 Å². The molecule has 6 rings (SSSR count). The number of nitrogens with one attached hydrogen (secondary N) is 1. The second-order valence-corrected chi connectivity index (χ2v) is 9.30. The molecular formula is C28H26N6O2. The van der Waals surface area contributed by atoms with E-state index in [1.807, 2.05) is 60.5 Å². The van der Waals surface area contributed by atoms with Crippen LogP contribution in [0.3, 0.4) is 0 Å². The van der Waals surface area contributed by atoms with Crippen LogP contribution in [0.1, 0.15) is 47.3 Å². The van der Waals surface area contributed by atoms with Crippen LogP contribution in [0.25, 0.3) is 27.7 Å². The van der Waals surface area contributed by atoms with E-state index >= 15 is 0 Å². The van der Waals surface area contributed by atoms with E-state index in [-0.39, 0.29) is 17.6 Å². The zero-order valence-electron chi connectivity index (χ0n) is 20.0. The Morgan fingerprint density at radius 3 is 2.75 bits per heavy atom. The number of fused-ring (bicyclic) bond motifs is 2. The molecule has 1 N–H and O–H groups in total. The predicted molar refractivity (Wildman–Crippen MR) is 137 cm³/mol. The van der Waals surface area contributed by atoms with Crippen molar-refractivity contribution in [3.05, 3.63) is 83.9 Å². The van der Waals surface area contributed by atoms with Crippen LogP contribution in [0, 0.1) is 0 Å². The SMILES string of the molecule is CCC(=O)Cc1ccc(C(=O)N2CCC(c3cc4c(-c5cnn6ncccc56)ccnc4[nH]3)C2)cc1. The Labute approximate surface area is 208 Å². The van der Waals surface area contributed by atoms with E-state index in [1.54, 1.807) is 17.0 Å². The minimum atomic E-state index is 0.0275. The minimum absolute atomic E-state index is 0.0275. The number of Topliss-reactive ketones (excluding diaryl/α,β-unsaturated/α-hetero) is 1. The van der Waals surface area contributed by atoms with Crippen LogP contribution in [-0.2, 0) is 11.2 Å². The van der Waals surface area contributed by atoms with Crippen LogP contribution in [-0.4, -0.2) is 54.5 Å². The summed E-state index contributed by atoms with van der Waals surface area (Å²) in [5.41, 5.74) is 6.52. The van der Waals surface area contributed by atoms with E-state index in [2.05, 4.69) is 26.2 Å². The maximum absolute atomic E-state index is 13.1. The van der Waals surface area contributed by atoms with Gasteiger partial charge in [-0.2, -0.15) is 14.8 Å². The normalized spacial score (nSPS) is 15.7. The van der Waals surface area contributed by atoms with Gasteiger partial charge in [0.25, 0.3) is 5.91 Å². The summed E-state index contributed by atoms with van der Waals surface area (Å²) in [5.74, 6) is 0.438. The monoisotopic (exact) mass is 478 g/mol. The maximum Gasteiger partial charge on any atom is 0.253 e. The van der Waals surface area contributed by atoms with Crippen LogP contribution >= 0.6 is 0 Å². The molecule has 0 bridgehead atoms. The standard InChI is InChI=1S/C28H26N6O2/c1-2-21(35)14-18-5-7-19(8-6-18)28(36)33-13-10-20(17-33)25-15-23-22(9-12-29-27(23)32-25)24-16-31-34-26(24)4-3-11-30-34/h3-9,11-12,15-16,20H,2,10,13-14,17H2,1H3,(H,29,32). The first-order chi connectivity index (χ1) is 17.6. The number of pyridine rings is 1. The average molecular weight is 479 g/mol. The van der Waals surface area contributed by atoms with Crippen LogP contribution in [0.4, 0.5) is 0 Å². The van der Waals surface area contributed by atoms with Crippen LogP contribution in [0.5, 0.6) is 0 Å². The molecule has 1 aliphatic rings. The van der Waals surface area contributed by atoms with Crippen molar-refractivity contribution in [3.8, 4) is 11.1 Å². The number of rotatable bonds is 6. The van der Waals surface area contributed by atoms with E-state index in [9.17, 15) is 9.59 Å². The Hall–Kier alpha value is -4.33. The molecule has 1 fully saturated rings. The van der Waals surface area contributed by atoms with Crippen LogP contribution in [0.2, 0.25) is 0 Å². The molecule has 1 aliphatic heterocycles. The molecule has 8 nitrogen and oxygen atoms in total. The van der Waals surface area contributed by atoms with Gasteiger partial charge in [0.05, 0.1) is 11.7 Å². The van der Waals surface area contributed by atoms with E-state index < -0.39 is 0 Å². The van der Waals surface area contributed by atoms with E-state index in [0.717, 1.165) is 45.4 Å². The number of carbonyl (C=O) groups excluding carboxylic acids is 2. The Morgan fingerprint density at radius 1 is 1.06 bits per heavy atom. The summed E-state index contributed by atoms with van der Waals surface area (Å²) in [6.45, 7) is 3.22. The minimum Gasteiger partial charge on any atom is -0.343 e. The number of likely N-dealkylation sites (tertiary alicyclic amines) is 1. The van der Waals surface area contributed by atoms with E-state index in [4.69, 9.17) is 0 Å². The lowest BCUT2D eigenvalue weighted by Crippen LogP contribution is -2.28. The highest BCUT2D eigenvalue weighted by atomic mass is 16.2. The molecule has 0 aliphatic carbocycles. The molecule has 5 heterocycles. The lowest BCUT2D eigenvalue weighted by atomic mass is 10.0. The summed E-state index contributed by atoms with van der Waals surface area (Å²) in [6.07, 6.45) is 7.19. The third-order valence-electron chi connectivity index (χ3n) is 7.06. The molecule has 1 amide bonds. The van der Waals surface area contributed by atoms with E-state index in [1.165, 1.54) is 0 Å². The molecule has 8 heteroatoms. The molecule has 1 atom stereocenters. The molecule has 180 valence electrons. The second kappa shape index (κ2) is 9.03. The zero-order chi connectivity index (χ0) is 24.6. The van der Waals surface area contributed by atoms with Crippen LogP contribution < -0.4 is 0 Å². The fraction of sp³-hybridized carbons (Fsp3) is 0.250. The molecule has 1 unspecified atom stereocenters. The van der Waals surface area contributed by atoms with Crippen molar-refractivity contribution in [3.63, 3.8) is 0 Å². The molecule has 36 heavy (non-hydrogen) atoms. The molecule has 0 saturated carbocycles. The Bertz CT molecular complexity index is 1580. The molecule has 4 aromatic heterocycles. The van der Waals surface area contributed by atoms with Gasteiger partial charge in [-0.1, -0.05) is 19.1 Å². The summed E-state index contributed by atoms with van der Waals surface area (Å²) < 4.78 is 1.63. The number of hydrogen-bond acceptors (Lipinski definition) is 5. The molecule has 0 radical (unpaired) electrons. The van der Waals surface area contributed by atoms with Crippen LogP contribution in [0.15, 0.2) is 67.1 Å². The topological polar surface area (TPSA) is 96.2 Å². The largest absolute Gasteiger partial charge is 0.343 e. The quantitative estimate of drug-likeness (QED) is 0.390. The third-order valence-corrected chi connectivity index (χ3v) is 7.06. The predicted octanol–water partition coefficient (Wildman–Crippen LogP) is 4.42. The lowest BCUT2D eigenvalue weighted by Gasteiger charge is -2.16. The smallest absolute Gasteiger partial charge is 0.253 e. The van der Waals surface area contributed by atoms with E-state index in [0.29, 0.717) is 31.5 Å². The van der Waals surface area contributed by atoms with Gasteiger partial charge in [-0.3, -0.25) is 9.59 Å². The van der Waals surface area contributed by atoms with Crippen molar-refractivity contribution in [2.45, 2.75) is 32.1 Å². The number of aromatic amines is 1. The molecule has 5 aromatic rings. The summed E-state index contributed by atoms with van der Waals surface area (Å²) in [4.78, 5) is 34.8. The highest BCUT2D eigenvalue weighted by Crippen LogP contribution is 2.34. The summed E-state index contributed by atoms with van der Waals surface area (Å²) in [6, 6.07) is 15.5. The van der Waals surface area contributed by atoms with Gasteiger partial charge < -0.3 is 9.88 Å². The van der Waals surface area contributed by atoms with Gasteiger partial charge in [0.2, 0.25) is 0 Å². The summed E-state index contributed by atoms with van der Waals surface area (Å²) >= 11 is 0. The molecule has 0 spiro atoms. The Balaban J connectivity index is 1.22. The Kier molecular flexibility index (Phi) is 5.56. The first-order valence-corrected chi connectivity index (χ1v) is 12.3. The first-order valence-electron chi connectivity index (χ1n) is 12.3. The van der Waals surface area contributed by atoms with Crippen molar-refractivity contribution >= 4 is 28.2 Å². The maximum atomic E-state index is 13.1. The zero-order valence-corrected chi connectivity index (χ0v) is 20.0. The number of hydrogen-bond donors (Lipinski definition) is 1. The molecule has 1 saturated heterocycles. The molecule has 1 aromatic carbocycles.